The largest absolute Gasteiger partial charge is 0.294 e. The third-order valence-electron chi connectivity index (χ3n) is 3.12. The van der Waals surface area contributed by atoms with Gasteiger partial charge in [0.1, 0.15) is 4.47 Å². The first kappa shape index (κ1) is 13.1. The molecule has 1 N–H and O–H groups in total. The molecule has 2 aromatic rings. The molecule has 96 valence electrons. The average Bonchev–Trinajstić information content (AvgIpc) is 2.56. The Morgan fingerprint density at radius 3 is 2.22 bits per heavy atom. The van der Waals surface area contributed by atoms with E-state index in [-0.39, 0.29) is 5.56 Å². The van der Waals surface area contributed by atoms with E-state index in [9.17, 15) is 4.79 Å². The van der Waals surface area contributed by atoms with Gasteiger partial charge in [0.2, 0.25) is 0 Å². The summed E-state index contributed by atoms with van der Waals surface area (Å²) < 4.78 is 2.26. The average molecular weight is 309 g/mol. The van der Waals surface area contributed by atoms with Gasteiger partial charge in [-0.3, -0.25) is 9.89 Å². The molecule has 1 aromatic carbocycles. The molecule has 0 aliphatic rings. The fourth-order valence-corrected chi connectivity index (χ4v) is 2.93. The zero-order valence-corrected chi connectivity index (χ0v) is 12.7. The van der Waals surface area contributed by atoms with E-state index in [0.717, 1.165) is 28.9 Å². The molecule has 0 aliphatic heterocycles. The van der Waals surface area contributed by atoms with Crippen LogP contribution < -0.4 is 5.56 Å². The van der Waals surface area contributed by atoms with E-state index in [1.165, 1.54) is 5.56 Å². The molecule has 0 saturated carbocycles. The van der Waals surface area contributed by atoms with Crippen LogP contribution >= 0.6 is 15.9 Å². The summed E-state index contributed by atoms with van der Waals surface area (Å²) >= 11 is 3.36. The Hall–Kier alpha value is -1.29. The Morgan fingerprint density at radius 2 is 1.78 bits per heavy atom. The summed E-state index contributed by atoms with van der Waals surface area (Å²) in [5, 5.41) is 3.17. The molecule has 0 fully saturated rings. The second-order valence-corrected chi connectivity index (χ2v) is 5.44. The minimum Gasteiger partial charge on any atom is -0.294 e. The number of hydrogen-bond donors (Lipinski definition) is 1. The highest BCUT2D eigenvalue weighted by Crippen LogP contribution is 2.21. The Morgan fingerprint density at radius 1 is 1.22 bits per heavy atom. The SMILES string of the molecule is CCc1[nH]n(-c2c(C)cc(C)cc2C)c(=O)c1Br. The molecule has 0 atom stereocenters. The summed E-state index contributed by atoms with van der Waals surface area (Å²) in [5.41, 5.74) is 5.27. The highest BCUT2D eigenvalue weighted by Gasteiger charge is 2.14. The van der Waals surface area contributed by atoms with E-state index in [1.807, 2.05) is 20.8 Å². The van der Waals surface area contributed by atoms with Gasteiger partial charge in [-0.15, -0.1) is 0 Å². The highest BCUT2D eigenvalue weighted by molar-refractivity contribution is 9.10. The molecule has 18 heavy (non-hydrogen) atoms. The minimum atomic E-state index is -0.0260. The molecular formula is C14H17BrN2O. The van der Waals surface area contributed by atoms with E-state index in [4.69, 9.17) is 0 Å². The van der Waals surface area contributed by atoms with E-state index in [1.54, 1.807) is 4.68 Å². The maximum Gasteiger partial charge on any atom is 0.285 e. The van der Waals surface area contributed by atoms with Gasteiger partial charge in [-0.2, -0.15) is 0 Å². The van der Waals surface area contributed by atoms with Gasteiger partial charge in [0.05, 0.1) is 11.4 Å². The van der Waals surface area contributed by atoms with E-state index < -0.39 is 0 Å². The van der Waals surface area contributed by atoms with Crippen molar-refractivity contribution in [3.8, 4) is 5.69 Å². The fraction of sp³-hybridized carbons (Fsp3) is 0.357. The molecule has 0 bridgehead atoms. The van der Waals surface area contributed by atoms with Crippen molar-refractivity contribution < 1.29 is 0 Å². The summed E-state index contributed by atoms with van der Waals surface area (Å²) in [6.45, 7) is 8.15. The van der Waals surface area contributed by atoms with Crippen molar-refractivity contribution in [2.75, 3.05) is 0 Å². The van der Waals surface area contributed by atoms with Gasteiger partial charge in [0.25, 0.3) is 5.56 Å². The summed E-state index contributed by atoms with van der Waals surface area (Å²) in [6.07, 6.45) is 0.798. The lowest BCUT2D eigenvalue weighted by atomic mass is 10.1. The predicted molar refractivity (Wildman–Crippen MR) is 77.7 cm³/mol. The van der Waals surface area contributed by atoms with Crippen molar-refractivity contribution in [1.82, 2.24) is 9.78 Å². The second-order valence-electron chi connectivity index (χ2n) is 4.65. The van der Waals surface area contributed by atoms with Crippen LogP contribution in [0.2, 0.25) is 0 Å². The number of rotatable bonds is 2. The maximum atomic E-state index is 12.2. The lowest BCUT2D eigenvalue weighted by Crippen LogP contribution is -2.17. The van der Waals surface area contributed by atoms with Crippen molar-refractivity contribution in [3.05, 3.63) is 49.3 Å². The first-order valence-electron chi connectivity index (χ1n) is 6.03. The molecule has 2 rings (SSSR count). The summed E-state index contributed by atoms with van der Waals surface area (Å²) in [4.78, 5) is 12.2. The molecule has 3 nitrogen and oxygen atoms in total. The van der Waals surface area contributed by atoms with Crippen molar-refractivity contribution >= 4 is 15.9 Å². The lowest BCUT2D eigenvalue weighted by molar-refractivity contribution is 0.807. The van der Waals surface area contributed by atoms with Crippen LogP contribution in [0.1, 0.15) is 29.3 Å². The van der Waals surface area contributed by atoms with Crippen LogP contribution in [0.25, 0.3) is 5.69 Å². The number of aromatic amines is 1. The molecule has 0 amide bonds. The first-order valence-corrected chi connectivity index (χ1v) is 6.82. The molecule has 0 saturated heterocycles. The monoisotopic (exact) mass is 308 g/mol. The number of aromatic nitrogens is 2. The van der Waals surface area contributed by atoms with Crippen molar-refractivity contribution in [2.24, 2.45) is 0 Å². The molecule has 1 heterocycles. The topological polar surface area (TPSA) is 37.8 Å². The number of benzene rings is 1. The molecule has 1 aromatic heterocycles. The van der Waals surface area contributed by atoms with Crippen LogP contribution in [0.4, 0.5) is 0 Å². The van der Waals surface area contributed by atoms with Gasteiger partial charge in [-0.1, -0.05) is 24.6 Å². The number of aryl methyl sites for hydroxylation is 4. The van der Waals surface area contributed by atoms with Crippen LogP contribution in [0.3, 0.4) is 0 Å². The Balaban J connectivity index is 2.74. The quantitative estimate of drug-likeness (QED) is 0.907. The number of hydrogen-bond acceptors (Lipinski definition) is 1. The number of H-pyrrole nitrogens is 1. The first-order chi connectivity index (χ1) is 8.45. The smallest absolute Gasteiger partial charge is 0.285 e. The molecular weight excluding hydrogens is 292 g/mol. The standard InChI is InChI=1S/C14H17BrN2O/c1-5-11-12(15)14(18)17(16-11)13-9(3)6-8(2)7-10(13)4/h6-7,16H,5H2,1-4H3. The Labute approximate surface area is 115 Å². The highest BCUT2D eigenvalue weighted by atomic mass is 79.9. The van der Waals surface area contributed by atoms with Gasteiger partial charge < -0.3 is 0 Å². The molecule has 4 heteroatoms. The van der Waals surface area contributed by atoms with E-state index >= 15 is 0 Å². The van der Waals surface area contributed by atoms with E-state index in [0.29, 0.717) is 4.47 Å². The molecule has 0 radical (unpaired) electrons. The van der Waals surface area contributed by atoms with Gasteiger partial charge in [0, 0.05) is 0 Å². The maximum absolute atomic E-state index is 12.2. The molecule has 0 unspecified atom stereocenters. The van der Waals surface area contributed by atoms with Crippen LogP contribution in [-0.4, -0.2) is 9.78 Å². The lowest BCUT2D eigenvalue weighted by Gasteiger charge is -2.11. The Kier molecular flexibility index (Phi) is 3.48. The van der Waals surface area contributed by atoms with Crippen LogP contribution in [0.5, 0.6) is 0 Å². The normalized spacial score (nSPS) is 10.9. The zero-order valence-electron chi connectivity index (χ0n) is 11.1. The Bertz CT molecular complexity index is 629. The van der Waals surface area contributed by atoms with Gasteiger partial charge >= 0.3 is 0 Å². The summed E-state index contributed by atoms with van der Waals surface area (Å²) in [5.74, 6) is 0. The molecule has 0 aliphatic carbocycles. The van der Waals surface area contributed by atoms with Crippen LogP contribution in [0.15, 0.2) is 21.4 Å². The van der Waals surface area contributed by atoms with Gasteiger partial charge in [-0.05, 0) is 54.2 Å². The summed E-state index contributed by atoms with van der Waals surface area (Å²) in [7, 11) is 0. The third kappa shape index (κ3) is 2.05. The predicted octanol–water partition coefficient (Wildman–Crippen LogP) is 3.42. The number of nitrogens with zero attached hydrogens (tertiary/aromatic N) is 1. The van der Waals surface area contributed by atoms with Gasteiger partial charge in [0.15, 0.2) is 0 Å². The molecule has 0 spiro atoms. The second kappa shape index (κ2) is 4.76. The van der Waals surface area contributed by atoms with Gasteiger partial charge in [-0.25, -0.2) is 4.68 Å². The van der Waals surface area contributed by atoms with Crippen molar-refractivity contribution in [3.63, 3.8) is 0 Å². The third-order valence-corrected chi connectivity index (χ3v) is 3.93. The fourth-order valence-electron chi connectivity index (χ4n) is 2.38. The zero-order chi connectivity index (χ0) is 13.4. The number of halogens is 1. The number of nitrogens with one attached hydrogen (secondary N) is 1. The van der Waals surface area contributed by atoms with Crippen molar-refractivity contribution in [2.45, 2.75) is 34.1 Å². The minimum absolute atomic E-state index is 0.0260. The van der Waals surface area contributed by atoms with E-state index in [2.05, 4.69) is 40.1 Å². The van der Waals surface area contributed by atoms with Crippen LogP contribution in [-0.2, 0) is 6.42 Å². The van der Waals surface area contributed by atoms with Crippen molar-refractivity contribution in [1.29, 1.82) is 0 Å². The summed E-state index contributed by atoms with van der Waals surface area (Å²) in [6, 6.07) is 4.18. The van der Waals surface area contributed by atoms with Crippen LogP contribution in [0, 0.1) is 20.8 Å².